The van der Waals surface area contributed by atoms with Crippen molar-refractivity contribution in [3.8, 4) is 0 Å². The maximum atomic E-state index is 12.5. The fourth-order valence-electron chi connectivity index (χ4n) is 3.23. The molecule has 1 heterocycles. The molecule has 0 saturated carbocycles. The van der Waals surface area contributed by atoms with E-state index < -0.39 is 7.60 Å². The van der Waals surface area contributed by atoms with Crippen LogP contribution in [-0.4, -0.2) is 37.5 Å². The maximum Gasteiger partial charge on any atom is 0.347 e. The lowest BCUT2D eigenvalue weighted by Crippen LogP contribution is -2.37. The van der Waals surface area contributed by atoms with E-state index in [1.165, 1.54) is 57.8 Å². The molecule has 0 radical (unpaired) electrons. The molecule has 4 nitrogen and oxygen atoms in total. The van der Waals surface area contributed by atoms with Crippen LogP contribution in [0.15, 0.2) is 0 Å². The topological polar surface area (TPSA) is 38.8 Å². The summed E-state index contributed by atoms with van der Waals surface area (Å²) in [6.45, 7) is 14.1. The highest BCUT2D eigenvalue weighted by Gasteiger charge is 2.39. The molecule has 0 spiro atoms. The minimum atomic E-state index is -2.92. The zero-order valence-electron chi connectivity index (χ0n) is 19.6. The van der Waals surface area contributed by atoms with Crippen molar-refractivity contribution in [1.29, 1.82) is 0 Å². The summed E-state index contributed by atoms with van der Waals surface area (Å²) < 4.78 is 23.2. The van der Waals surface area contributed by atoms with E-state index in [2.05, 4.69) is 18.7 Å². The first-order valence-electron chi connectivity index (χ1n) is 11.6. The van der Waals surface area contributed by atoms with Gasteiger partial charge >= 0.3 is 7.60 Å². The van der Waals surface area contributed by atoms with Gasteiger partial charge in [0.15, 0.2) is 0 Å². The van der Waals surface area contributed by atoms with E-state index in [0.717, 1.165) is 19.4 Å². The van der Waals surface area contributed by atoms with Crippen LogP contribution in [0.4, 0.5) is 0 Å². The average Bonchev–Trinajstić information content (AvgIpc) is 2.67. The Bertz CT molecular complexity index is 322. The van der Waals surface area contributed by atoms with Gasteiger partial charge in [0.1, 0.15) is 5.78 Å². The second kappa shape index (κ2) is 20.8. The molecular weight excluding hydrogens is 357 g/mol. The Morgan fingerprint density at radius 1 is 0.815 bits per heavy atom. The van der Waals surface area contributed by atoms with Crippen LogP contribution in [-0.2, 0) is 13.6 Å². The van der Waals surface area contributed by atoms with Crippen LogP contribution in [0.2, 0.25) is 0 Å². The molecule has 0 bridgehead atoms. The van der Waals surface area contributed by atoms with Crippen LogP contribution in [0.5, 0.6) is 0 Å². The van der Waals surface area contributed by atoms with Crippen molar-refractivity contribution < 1.29 is 13.6 Å². The van der Waals surface area contributed by atoms with Crippen LogP contribution in [0.3, 0.4) is 0 Å². The smallest absolute Gasteiger partial charge is 0.308 e. The molecule has 1 atom stereocenters. The van der Waals surface area contributed by atoms with Gasteiger partial charge in [-0.25, -0.2) is 0 Å². The minimum Gasteiger partial charge on any atom is -0.308 e. The molecule has 0 aromatic heterocycles. The summed E-state index contributed by atoms with van der Waals surface area (Å²) in [7, 11) is -0.930. The number of nitrogens with zero attached hydrogens (tertiary/aromatic N) is 1. The van der Waals surface area contributed by atoms with Gasteiger partial charge in [0, 0.05) is 0 Å². The normalized spacial score (nSPS) is 17.5. The maximum absolute atomic E-state index is 12.5. The van der Waals surface area contributed by atoms with Gasteiger partial charge in [-0.3, -0.25) is 9.46 Å². The Hall–Kier alpha value is 0.110. The summed E-state index contributed by atoms with van der Waals surface area (Å²) in [6.07, 6.45) is 14.7. The lowest BCUT2D eigenvalue weighted by molar-refractivity contribution is 0.157. The first-order valence-corrected chi connectivity index (χ1v) is 13.3. The number of hydrogen-bond acceptors (Lipinski definition) is 4. The van der Waals surface area contributed by atoms with Gasteiger partial charge in [0.2, 0.25) is 0 Å². The van der Waals surface area contributed by atoms with Crippen molar-refractivity contribution in [2.45, 2.75) is 118 Å². The fourth-order valence-corrected chi connectivity index (χ4v) is 5.47. The highest BCUT2D eigenvalue weighted by atomic mass is 31.2. The molecule has 0 aromatic rings. The second-order valence-corrected chi connectivity index (χ2v) is 9.15. The summed E-state index contributed by atoms with van der Waals surface area (Å²) in [6, 6.07) is 0. The summed E-state index contributed by atoms with van der Waals surface area (Å²) in [4.78, 5) is 2.11. The molecule has 1 aliphatic heterocycles. The van der Waals surface area contributed by atoms with Crippen molar-refractivity contribution in [1.82, 2.24) is 4.90 Å². The first kappa shape index (κ1) is 29.3. The molecule has 5 heteroatoms. The molecule has 0 amide bonds. The SMILES string of the molecule is CC.CCCCCCCCCC.CCOP(=O)(OCC)C1CCCCN1C. The molecule has 1 saturated heterocycles. The zero-order valence-corrected chi connectivity index (χ0v) is 20.5. The third-order valence-corrected chi connectivity index (χ3v) is 7.29. The molecular formula is C22H50NO3P. The van der Waals surface area contributed by atoms with Crippen molar-refractivity contribution in [2.24, 2.45) is 0 Å². The Kier molecular flexibility index (Phi) is 22.6. The van der Waals surface area contributed by atoms with E-state index in [-0.39, 0.29) is 5.78 Å². The van der Waals surface area contributed by atoms with E-state index in [4.69, 9.17) is 9.05 Å². The molecule has 0 aliphatic carbocycles. The predicted molar refractivity (Wildman–Crippen MR) is 121 cm³/mol. The Balaban J connectivity index is 0. The van der Waals surface area contributed by atoms with E-state index in [1.807, 2.05) is 34.7 Å². The van der Waals surface area contributed by atoms with E-state index in [1.54, 1.807) is 0 Å². The van der Waals surface area contributed by atoms with Crippen molar-refractivity contribution in [3.63, 3.8) is 0 Å². The second-order valence-electron chi connectivity index (χ2n) is 6.95. The van der Waals surface area contributed by atoms with Crippen LogP contribution >= 0.6 is 7.60 Å². The molecule has 27 heavy (non-hydrogen) atoms. The minimum absolute atomic E-state index is 0.0499. The van der Waals surface area contributed by atoms with Gasteiger partial charge < -0.3 is 9.05 Å². The third kappa shape index (κ3) is 14.7. The molecule has 1 rings (SSSR count). The van der Waals surface area contributed by atoms with Crippen LogP contribution in [0.25, 0.3) is 0 Å². The lowest BCUT2D eigenvalue weighted by Gasteiger charge is -2.36. The van der Waals surface area contributed by atoms with Crippen LogP contribution < -0.4 is 0 Å². The Labute approximate surface area is 171 Å². The first-order chi connectivity index (χ1) is 13.1. The fraction of sp³-hybridized carbons (Fsp3) is 1.00. The van der Waals surface area contributed by atoms with E-state index >= 15 is 0 Å². The van der Waals surface area contributed by atoms with Gasteiger partial charge in [-0.2, -0.15) is 0 Å². The predicted octanol–water partition coefficient (Wildman–Crippen LogP) is 7.87. The van der Waals surface area contributed by atoms with Crippen molar-refractivity contribution >= 4 is 7.60 Å². The summed E-state index contributed by atoms with van der Waals surface area (Å²) in [5, 5.41) is 0. The number of likely N-dealkylation sites (tertiary alicyclic amines) is 1. The van der Waals surface area contributed by atoms with E-state index in [0.29, 0.717) is 13.2 Å². The van der Waals surface area contributed by atoms with Gasteiger partial charge in [0.25, 0.3) is 0 Å². The highest BCUT2D eigenvalue weighted by molar-refractivity contribution is 7.54. The third-order valence-electron chi connectivity index (χ3n) is 4.67. The number of rotatable bonds is 12. The molecule has 1 aliphatic rings. The van der Waals surface area contributed by atoms with Gasteiger partial charge in [-0.15, -0.1) is 0 Å². The average molecular weight is 408 g/mol. The van der Waals surface area contributed by atoms with Gasteiger partial charge in [-0.05, 0) is 46.7 Å². The monoisotopic (exact) mass is 407 g/mol. The number of piperidine rings is 1. The van der Waals surface area contributed by atoms with Crippen molar-refractivity contribution in [2.75, 3.05) is 26.8 Å². The Morgan fingerprint density at radius 3 is 1.63 bits per heavy atom. The van der Waals surface area contributed by atoms with Crippen LogP contribution in [0.1, 0.15) is 112 Å². The van der Waals surface area contributed by atoms with Gasteiger partial charge in [0.05, 0.1) is 13.2 Å². The molecule has 1 unspecified atom stereocenters. The molecule has 1 fully saturated rings. The zero-order chi connectivity index (χ0) is 21.0. The lowest BCUT2D eigenvalue weighted by atomic mass is 10.1. The van der Waals surface area contributed by atoms with Crippen molar-refractivity contribution in [3.05, 3.63) is 0 Å². The standard InChI is InChI=1S/C10H22NO3P.C10H22.C2H6/c1-4-13-15(12,14-5-2)10-8-6-7-9-11(10)3;1-3-5-7-9-10-8-6-4-2;1-2/h10H,4-9H2,1-3H3;3-10H2,1-2H3;1-2H3. The quantitative estimate of drug-likeness (QED) is 0.244. The largest absolute Gasteiger partial charge is 0.347 e. The summed E-state index contributed by atoms with van der Waals surface area (Å²) in [5.74, 6) is -0.0499. The Morgan fingerprint density at radius 2 is 1.26 bits per heavy atom. The summed E-state index contributed by atoms with van der Waals surface area (Å²) >= 11 is 0. The van der Waals surface area contributed by atoms with Gasteiger partial charge in [-0.1, -0.05) is 79.1 Å². The summed E-state index contributed by atoms with van der Waals surface area (Å²) in [5.41, 5.74) is 0. The number of hydrogen-bond donors (Lipinski definition) is 0. The molecule has 0 N–H and O–H groups in total. The number of unbranched alkanes of at least 4 members (excludes halogenated alkanes) is 7. The molecule has 0 aromatic carbocycles. The molecule has 166 valence electrons. The van der Waals surface area contributed by atoms with E-state index in [9.17, 15) is 4.57 Å². The van der Waals surface area contributed by atoms with Crippen LogP contribution in [0, 0.1) is 0 Å². The highest BCUT2D eigenvalue weighted by Crippen LogP contribution is 2.56.